The molecule has 21 heavy (non-hydrogen) atoms. The zero-order valence-electron chi connectivity index (χ0n) is 12.2. The second-order valence-corrected chi connectivity index (χ2v) is 4.41. The highest BCUT2D eigenvalue weighted by Crippen LogP contribution is 2.33. The average Bonchev–Trinajstić information content (AvgIpc) is 2.55. The summed E-state index contributed by atoms with van der Waals surface area (Å²) in [5.74, 6) is 1.38. The lowest BCUT2D eigenvalue weighted by atomic mass is 9.99. The van der Waals surface area contributed by atoms with Crippen LogP contribution in [0.5, 0.6) is 11.5 Å². The normalized spacial score (nSPS) is 10.2. The number of carbonyl (C=O) groups excluding carboxylic acids is 1. The lowest BCUT2D eigenvalue weighted by Gasteiger charge is -2.13. The summed E-state index contributed by atoms with van der Waals surface area (Å²) in [5.41, 5.74) is 2.26. The van der Waals surface area contributed by atoms with E-state index in [1.807, 2.05) is 36.4 Å². The number of ether oxygens (including phenoxy) is 3. The first-order valence-electron chi connectivity index (χ1n) is 6.64. The molecule has 0 saturated heterocycles. The second kappa shape index (κ2) is 7.45. The van der Waals surface area contributed by atoms with Gasteiger partial charge in [-0.25, -0.2) is 0 Å². The van der Waals surface area contributed by atoms with Crippen molar-refractivity contribution in [1.29, 1.82) is 0 Å². The Balaban J connectivity index is 2.39. The zero-order valence-corrected chi connectivity index (χ0v) is 12.2. The highest BCUT2D eigenvalue weighted by Gasteiger charge is 2.11. The summed E-state index contributed by atoms with van der Waals surface area (Å²) in [6.45, 7) is 0.970. The van der Waals surface area contributed by atoms with Gasteiger partial charge < -0.3 is 14.2 Å². The number of aldehydes is 1. The van der Waals surface area contributed by atoms with Crippen molar-refractivity contribution in [3.63, 3.8) is 0 Å². The molecule has 0 saturated carbocycles. The molecule has 0 aliphatic heterocycles. The van der Waals surface area contributed by atoms with Gasteiger partial charge in [-0.1, -0.05) is 18.2 Å². The van der Waals surface area contributed by atoms with Crippen LogP contribution in [-0.2, 0) is 4.74 Å². The zero-order chi connectivity index (χ0) is 15.1. The van der Waals surface area contributed by atoms with Crippen LogP contribution in [0.4, 0.5) is 0 Å². The van der Waals surface area contributed by atoms with Crippen molar-refractivity contribution in [2.75, 3.05) is 27.4 Å². The number of rotatable bonds is 7. The minimum absolute atomic E-state index is 0.458. The summed E-state index contributed by atoms with van der Waals surface area (Å²) in [6, 6.07) is 13.0. The van der Waals surface area contributed by atoms with Crippen LogP contribution >= 0.6 is 0 Å². The average molecular weight is 286 g/mol. The molecule has 2 aromatic carbocycles. The smallest absolute Gasteiger partial charge is 0.150 e. The largest absolute Gasteiger partial charge is 0.497 e. The molecule has 4 heteroatoms. The predicted octanol–water partition coefficient (Wildman–Crippen LogP) is 3.20. The Bertz CT molecular complexity index is 607. The lowest BCUT2D eigenvalue weighted by Crippen LogP contribution is -2.05. The topological polar surface area (TPSA) is 44.8 Å². The molecule has 0 aromatic heterocycles. The molecule has 0 radical (unpaired) electrons. The van der Waals surface area contributed by atoms with Crippen LogP contribution in [0.3, 0.4) is 0 Å². The Morgan fingerprint density at radius 2 is 1.81 bits per heavy atom. The third-order valence-corrected chi connectivity index (χ3v) is 3.11. The molecule has 0 atom stereocenters. The van der Waals surface area contributed by atoms with Crippen molar-refractivity contribution in [2.24, 2.45) is 0 Å². The van der Waals surface area contributed by atoms with E-state index in [0.29, 0.717) is 24.5 Å². The number of hydrogen-bond donors (Lipinski definition) is 0. The number of hydrogen-bond acceptors (Lipinski definition) is 4. The van der Waals surface area contributed by atoms with Crippen LogP contribution < -0.4 is 9.47 Å². The number of methoxy groups -OCH3 is 2. The van der Waals surface area contributed by atoms with E-state index in [1.165, 1.54) is 0 Å². The van der Waals surface area contributed by atoms with Gasteiger partial charge in [-0.05, 0) is 29.8 Å². The SMILES string of the molecule is COCCOc1ccccc1-c1ccc(OC)cc1C=O. The third kappa shape index (κ3) is 3.61. The van der Waals surface area contributed by atoms with Gasteiger partial charge in [0.25, 0.3) is 0 Å². The fourth-order valence-electron chi connectivity index (χ4n) is 2.06. The molecule has 110 valence electrons. The molecule has 0 spiro atoms. The standard InChI is InChI=1S/C17H18O4/c1-19-9-10-21-17-6-4-3-5-16(17)15-8-7-14(20-2)11-13(15)12-18/h3-8,11-12H,9-10H2,1-2H3. The van der Waals surface area contributed by atoms with Crippen LogP contribution in [0.25, 0.3) is 11.1 Å². The first-order chi connectivity index (χ1) is 10.3. The molecule has 0 heterocycles. The summed E-state index contributed by atoms with van der Waals surface area (Å²) in [4.78, 5) is 11.3. The van der Waals surface area contributed by atoms with Gasteiger partial charge in [-0.2, -0.15) is 0 Å². The van der Waals surface area contributed by atoms with Gasteiger partial charge in [0, 0.05) is 18.2 Å². The molecule has 0 bridgehead atoms. The van der Waals surface area contributed by atoms with E-state index in [1.54, 1.807) is 20.3 Å². The molecule has 0 N–H and O–H groups in total. The third-order valence-electron chi connectivity index (χ3n) is 3.11. The van der Waals surface area contributed by atoms with Gasteiger partial charge in [0.2, 0.25) is 0 Å². The Morgan fingerprint density at radius 1 is 1.00 bits per heavy atom. The van der Waals surface area contributed by atoms with Gasteiger partial charge in [-0.3, -0.25) is 4.79 Å². The first-order valence-corrected chi connectivity index (χ1v) is 6.64. The van der Waals surface area contributed by atoms with Gasteiger partial charge in [0.15, 0.2) is 6.29 Å². The maximum Gasteiger partial charge on any atom is 0.150 e. The molecule has 0 aliphatic carbocycles. The Morgan fingerprint density at radius 3 is 2.52 bits per heavy atom. The number of benzene rings is 2. The van der Waals surface area contributed by atoms with Gasteiger partial charge >= 0.3 is 0 Å². The van der Waals surface area contributed by atoms with Crippen molar-refractivity contribution in [2.45, 2.75) is 0 Å². The minimum atomic E-state index is 0.458. The fourth-order valence-corrected chi connectivity index (χ4v) is 2.06. The fraction of sp³-hybridized carbons (Fsp3) is 0.235. The molecular formula is C17H18O4. The first kappa shape index (κ1) is 15.1. The van der Waals surface area contributed by atoms with Crippen LogP contribution in [0.15, 0.2) is 42.5 Å². The van der Waals surface area contributed by atoms with Gasteiger partial charge in [0.05, 0.1) is 13.7 Å². The van der Waals surface area contributed by atoms with Gasteiger partial charge in [0.1, 0.15) is 18.1 Å². The summed E-state index contributed by atoms with van der Waals surface area (Å²) in [6.07, 6.45) is 0.823. The second-order valence-electron chi connectivity index (χ2n) is 4.41. The molecule has 0 amide bonds. The summed E-state index contributed by atoms with van der Waals surface area (Å²) < 4.78 is 15.9. The maximum absolute atomic E-state index is 11.3. The monoisotopic (exact) mass is 286 g/mol. The molecule has 2 aromatic rings. The molecule has 0 aliphatic rings. The van der Waals surface area contributed by atoms with E-state index in [-0.39, 0.29) is 0 Å². The van der Waals surface area contributed by atoms with Crippen LogP contribution in [0, 0.1) is 0 Å². The molecular weight excluding hydrogens is 268 g/mol. The van der Waals surface area contributed by atoms with Crippen molar-refractivity contribution >= 4 is 6.29 Å². The molecule has 2 rings (SSSR count). The van der Waals surface area contributed by atoms with E-state index >= 15 is 0 Å². The van der Waals surface area contributed by atoms with E-state index in [9.17, 15) is 4.79 Å². The maximum atomic E-state index is 11.3. The van der Waals surface area contributed by atoms with E-state index in [4.69, 9.17) is 14.2 Å². The molecule has 4 nitrogen and oxygen atoms in total. The van der Waals surface area contributed by atoms with E-state index < -0.39 is 0 Å². The van der Waals surface area contributed by atoms with Crippen molar-refractivity contribution in [1.82, 2.24) is 0 Å². The van der Waals surface area contributed by atoms with E-state index in [2.05, 4.69) is 0 Å². The highest BCUT2D eigenvalue weighted by molar-refractivity contribution is 5.89. The number of para-hydroxylation sites is 1. The van der Waals surface area contributed by atoms with Crippen molar-refractivity contribution in [3.05, 3.63) is 48.0 Å². The van der Waals surface area contributed by atoms with Crippen LogP contribution in [-0.4, -0.2) is 33.7 Å². The van der Waals surface area contributed by atoms with Gasteiger partial charge in [-0.15, -0.1) is 0 Å². The number of carbonyl (C=O) groups is 1. The highest BCUT2D eigenvalue weighted by atomic mass is 16.5. The Hall–Kier alpha value is -2.33. The summed E-state index contributed by atoms with van der Waals surface area (Å²) in [7, 11) is 3.20. The summed E-state index contributed by atoms with van der Waals surface area (Å²) >= 11 is 0. The van der Waals surface area contributed by atoms with Crippen LogP contribution in [0.2, 0.25) is 0 Å². The quantitative estimate of drug-likeness (QED) is 0.579. The minimum Gasteiger partial charge on any atom is -0.497 e. The van der Waals surface area contributed by atoms with Crippen molar-refractivity contribution < 1.29 is 19.0 Å². The van der Waals surface area contributed by atoms with Crippen molar-refractivity contribution in [3.8, 4) is 22.6 Å². The predicted molar refractivity (Wildman–Crippen MR) is 81.2 cm³/mol. The lowest BCUT2D eigenvalue weighted by molar-refractivity contribution is 0.112. The van der Waals surface area contributed by atoms with E-state index in [0.717, 1.165) is 23.2 Å². The molecule has 0 unspecified atom stereocenters. The Kier molecular flexibility index (Phi) is 5.35. The van der Waals surface area contributed by atoms with Crippen LogP contribution in [0.1, 0.15) is 10.4 Å². The summed E-state index contributed by atoms with van der Waals surface area (Å²) in [5, 5.41) is 0. The molecule has 0 fully saturated rings. The Labute approximate surface area is 124 Å².